The van der Waals surface area contributed by atoms with E-state index in [9.17, 15) is 5.11 Å². The van der Waals surface area contributed by atoms with Crippen LogP contribution in [0.2, 0.25) is 0 Å². The third kappa shape index (κ3) is 4.35. The fourth-order valence-corrected chi connectivity index (χ4v) is 3.29. The first-order valence-corrected chi connectivity index (χ1v) is 7.92. The molecule has 1 fully saturated rings. The summed E-state index contributed by atoms with van der Waals surface area (Å²) in [5.41, 5.74) is 2.66. The fourth-order valence-electron chi connectivity index (χ4n) is 3.29. The zero-order valence-corrected chi connectivity index (χ0v) is 12.4. The van der Waals surface area contributed by atoms with E-state index in [1.807, 2.05) is 0 Å². The molecule has 19 heavy (non-hydrogen) atoms. The maximum Gasteiger partial charge on any atom is 0.0571 e. The third-order valence-corrected chi connectivity index (χ3v) is 4.86. The summed E-state index contributed by atoms with van der Waals surface area (Å²) in [4.78, 5) is 0. The van der Waals surface area contributed by atoms with E-state index in [0.717, 1.165) is 18.8 Å². The molecule has 0 amide bonds. The summed E-state index contributed by atoms with van der Waals surface area (Å²) in [6, 6.07) is 8.70. The summed E-state index contributed by atoms with van der Waals surface area (Å²) in [6.07, 6.45) is 8.25. The van der Waals surface area contributed by atoms with Crippen LogP contribution >= 0.6 is 0 Å². The fraction of sp³-hybridized carbons (Fsp3) is 0.667. The number of aliphatic hydroxyl groups excluding tert-OH is 1. The largest absolute Gasteiger partial charge is 0.393 e. The van der Waals surface area contributed by atoms with Gasteiger partial charge in [-0.1, -0.05) is 56.0 Å². The maximum atomic E-state index is 10.3. The molecule has 0 bridgehead atoms. The molecule has 1 aromatic carbocycles. The van der Waals surface area contributed by atoms with Gasteiger partial charge in [-0.15, -0.1) is 0 Å². The van der Waals surface area contributed by atoms with Crippen LogP contribution in [0.5, 0.6) is 0 Å². The summed E-state index contributed by atoms with van der Waals surface area (Å²) in [7, 11) is 0. The van der Waals surface area contributed by atoms with Gasteiger partial charge in [0.1, 0.15) is 0 Å². The van der Waals surface area contributed by atoms with Gasteiger partial charge in [0.25, 0.3) is 0 Å². The van der Waals surface area contributed by atoms with E-state index in [-0.39, 0.29) is 6.10 Å². The van der Waals surface area contributed by atoms with Crippen molar-refractivity contribution in [3.63, 3.8) is 0 Å². The first-order chi connectivity index (χ1) is 9.19. The summed E-state index contributed by atoms with van der Waals surface area (Å²) in [5, 5.41) is 10.3. The molecule has 1 N–H and O–H groups in total. The molecule has 1 saturated carbocycles. The lowest BCUT2D eigenvalue weighted by Crippen LogP contribution is -2.26. The summed E-state index contributed by atoms with van der Waals surface area (Å²) >= 11 is 0. The summed E-state index contributed by atoms with van der Waals surface area (Å²) in [6.45, 7) is 4.41. The van der Waals surface area contributed by atoms with Gasteiger partial charge in [0.2, 0.25) is 0 Å². The Morgan fingerprint density at radius 1 is 1.11 bits per heavy atom. The lowest BCUT2D eigenvalue weighted by molar-refractivity contribution is 0.0666. The van der Waals surface area contributed by atoms with Crippen molar-refractivity contribution >= 4 is 0 Å². The lowest BCUT2D eigenvalue weighted by Gasteiger charge is -2.31. The van der Waals surface area contributed by atoms with Gasteiger partial charge in [-0.3, -0.25) is 0 Å². The molecule has 1 aliphatic rings. The number of hydrogen-bond acceptors (Lipinski definition) is 1. The van der Waals surface area contributed by atoms with Crippen molar-refractivity contribution in [2.24, 2.45) is 11.8 Å². The van der Waals surface area contributed by atoms with Crippen LogP contribution < -0.4 is 0 Å². The van der Waals surface area contributed by atoms with E-state index in [2.05, 4.69) is 38.1 Å². The Morgan fingerprint density at radius 2 is 1.74 bits per heavy atom. The van der Waals surface area contributed by atoms with E-state index in [1.165, 1.54) is 43.2 Å². The monoisotopic (exact) mass is 260 g/mol. The molecule has 1 aromatic rings. The lowest BCUT2D eigenvalue weighted by atomic mass is 9.77. The van der Waals surface area contributed by atoms with Crippen molar-refractivity contribution in [3.8, 4) is 0 Å². The van der Waals surface area contributed by atoms with E-state index in [4.69, 9.17) is 0 Å². The van der Waals surface area contributed by atoms with E-state index >= 15 is 0 Å². The van der Waals surface area contributed by atoms with Crippen LogP contribution in [0.15, 0.2) is 24.3 Å². The Bertz CT molecular complexity index is 360. The van der Waals surface area contributed by atoms with Gasteiger partial charge in [0.15, 0.2) is 0 Å². The standard InChI is InChI=1S/C18H28O/c1-3-15-8-11-17(12-9-15)18(19)13-10-16-6-4-14(2)5-7-16/h4-7,15,17-19H,3,8-13H2,1-2H3. The molecule has 1 heteroatoms. The number of aliphatic hydroxyl groups is 1. The van der Waals surface area contributed by atoms with Crippen LogP contribution in [0.4, 0.5) is 0 Å². The Hall–Kier alpha value is -0.820. The first-order valence-electron chi connectivity index (χ1n) is 7.92. The predicted octanol–water partition coefficient (Wildman–Crippen LogP) is 4.50. The van der Waals surface area contributed by atoms with Crippen LogP contribution in [0, 0.1) is 18.8 Å². The average Bonchev–Trinajstić information content (AvgIpc) is 2.46. The zero-order chi connectivity index (χ0) is 13.7. The molecule has 0 aliphatic heterocycles. The van der Waals surface area contributed by atoms with Crippen molar-refractivity contribution in [3.05, 3.63) is 35.4 Å². The van der Waals surface area contributed by atoms with Crippen molar-refractivity contribution < 1.29 is 5.11 Å². The van der Waals surface area contributed by atoms with Crippen LogP contribution in [0.3, 0.4) is 0 Å². The second-order valence-electron chi connectivity index (χ2n) is 6.28. The van der Waals surface area contributed by atoms with Gasteiger partial charge in [-0.25, -0.2) is 0 Å². The smallest absolute Gasteiger partial charge is 0.0571 e. The van der Waals surface area contributed by atoms with Gasteiger partial charge >= 0.3 is 0 Å². The minimum absolute atomic E-state index is 0.0980. The first kappa shape index (κ1) is 14.6. The van der Waals surface area contributed by atoms with Crippen LogP contribution in [0.1, 0.15) is 56.6 Å². The quantitative estimate of drug-likeness (QED) is 0.826. The molecule has 1 aliphatic carbocycles. The summed E-state index contributed by atoms with van der Waals surface area (Å²) in [5.74, 6) is 1.47. The molecule has 0 heterocycles. The summed E-state index contributed by atoms with van der Waals surface area (Å²) < 4.78 is 0. The second kappa shape index (κ2) is 7.09. The van der Waals surface area contributed by atoms with Gasteiger partial charge in [0.05, 0.1) is 6.10 Å². The number of aryl methyl sites for hydroxylation is 2. The number of hydrogen-bond donors (Lipinski definition) is 1. The van der Waals surface area contributed by atoms with E-state index in [1.54, 1.807) is 0 Å². The van der Waals surface area contributed by atoms with Crippen molar-refractivity contribution in [1.29, 1.82) is 0 Å². The molecule has 0 spiro atoms. The van der Waals surface area contributed by atoms with E-state index < -0.39 is 0 Å². The highest BCUT2D eigenvalue weighted by Crippen LogP contribution is 2.33. The predicted molar refractivity (Wildman–Crippen MR) is 81.2 cm³/mol. The Balaban J connectivity index is 1.75. The highest BCUT2D eigenvalue weighted by Gasteiger charge is 2.25. The van der Waals surface area contributed by atoms with Gasteiger partial charge < -0.3 is 5.11 Å². The molecule has 106 valence electrons. The molecule has 0 saturated heterocycles. The second-order valence-corrected chi connectivity index (χ2v) is 6.28. The zero-order valence-electron chi connectivity index (χ0n) is 12.4. The Kier molecular flexibility index (Phi) is 5.45. The molecular formula is C18H28O. The molecule has 1 nitrogen and oxygen atoms in total. The molecule has 1 atom stereocenters. The Morgan fingerprint density at radius 3 is 2.32 bits per heavy atom. The van der Waals surface area contributed by atoms with Crippen LogP contribution in [-0.2, 0) is 6.42 Å². The highest BCUT2D eigenvalue weighted by atomic mass is 16.3. The van der Waals surface area contributed by atoms with Crippen molar-refractivity contribution in [2.45, 2.75) is 64.9 Å². The van der Waals surface area contributed by atoms with Crippen LogP contribution in [0.25, 0.3) is 0 Å². The highest BCUT2D eigenvalue weighted by molar-refractivity contribution is 5.21. The molecule has 0 radical (unpaired) electrons. The molecule has 1 unspecified atom stereocenters. The topological polar surface area (TPSA) is 20.2 Å². The number of rotatable bonds is 5. The Labute approximate surface area is 118 Å². The van der Waals surface area contributed by atoms with Crippen molar-refractivity contribution in [1.82, 2.24) is 0 Å². The van der Waals surface area contributed by atoms with Gasteiger partial charge in [0, 0.05) is 0 Å². The van der Waals surface area contributed by atoms with Gasteiger partial charge in [-0.2, -0.15) is 0 Å². The normalized spacial score (nSPS) is 25.2. The molecule has 0 aromatic heterocycles. The average molecular weight is 260 g/mol. The van der Waals surface area contributed by atoms with Crippen LogP contribution in [-0.4, -0.2) is 11.2 Å². The molecular weight excluding hydrogens is 232 g/mol. The SMILES string of the molecule is CCC1CCC(C(O)CCc2ccc(C)cc2)CC1. The number of benzene rings is 1. The van der Waals surface area contributed by atoms with E-state index in [0.29, 0.717) is 5.92 Å². The minimum Gasteiger partial charge on any atom is -0.393 e. The minimum atomic E-state index is -0.0980. The third-order valence-electron chi connectivity index (χ3n) is 4.86. The maximum absolute atomic E-state index is 10.3. The van der Waals surface area contributed by atoms with Gasteiger partial charge in [-0.05, 0) is 50.0 Å². The molecule has 2 rings (SSSR count). The van der Waals surface area contributed by atoms with Crippen molar-refractivity contribution in [2.75, 3.05) is 0 Å².